The number of allylic oxidation sites excluding steroid dienone is 1. The lowest BCUT2D eigenvalue weighted by Gasteiger charge is -2.52. The van der Waals surface area contributed by atoms with E-state index >= 15 is 0 Å². The van der Waals surface area contributed by atoms with Gasteiger partial charge in [0.15, 0.2) is 6.29 Å². The lowest BCUT2D eigenvalue weighted by Crippen LogP contribution is -2.55. The predicted octanol–water partition coefficient (Wildman–Crippen LogP) is 0.846. The summed E-state index contributed by atoms with van der Waals surface area (Å²) in [5.74, 6) is 0.911. The molecule has 4 heteroatoms. The minimum absolute atomic E-state index is 0.00245. The van der Waals surface area contributed by atoms with Crippen LogP contribution in [0.5, 0.6) is 5.75 Å². The standard InChI is InChI=1S/C16H19NO3/c17-12-6-9-2-1-3-13-15(9)16(8-14(19)20-13)5-4-10(18)7-11(12)16/h1-5,10-12,14,18-19H,6-8,17H2. The molecule has 4 nitrogen and oxygen atoms in total. The van der Waals surface area contributed by atoms with E-state index in [9.17, 15) is 10.2 Å². The van der Waals surface area contributed by atoms with Gasteiger partial charge in [0.05, 0.1) is 6.10 Å². The Morgan fingerprint density at radius 3 is 3.00 bits per heavy atom. The van der Waals surface area contributed by atoms with Gasteiger partial charge in [-0.25, -0.2) is 0 Å². The second-order valence-corrected chi connectivity index (χ2v) is 6.24. The van der Waals surface area contributed by atoms with Gasteiger partial charge in [0.2, 0.25) is 0 Å². The molecular formula is C16H19NO3. The van der Waals surface area contributed by atoms with Gasteiger partial charge >= 0.3 is 0 Å². The van der Waals surface area contributed by atoms with Gasteiger partial charge in [0.1, 0.15) is 5.75 Å². The number of rotatable bonds is 0. The molecule has 0 fully saturated rings. The third-order valence-corrected chi connectivity index (χ3v) is 5.10. The van der Waals surface area contributed by atoms with Crippen LogP contribution in [-0.4, -0.2) is 28.6 Å². The first kappa shape index (κ1) is 12.4. The van der Waals surface area contributed by atoms with Gasteiger partial charge in [-0.1, -0.05) is 24.3 Å². The maximum Gasteiger partial charge on any atom is 0.198 e. The Balaban J connectivity index is 1.98. The monoisotopic (exact) mass is 273 g/mol. The Morgan fingerprint density at radius 2 is 2.15 bits per heavy atom. The van der Waals surface area contributed by atoms with Crippen LogP contribution in [0.3, 0.4) is 0 Å². The number of nitrogens with two attached hydrogens (primary N) is 1. The number of hydrogen-bond acceptors (Lipinski definition) is 4. The first-order valence-corrected chi connectivity index (χ1v) is 7.20. The molecule has 2 aliphatic carbocycles. The lowest BCUT2D eigenvalue weighted by molar-refractivity contribution is -0.0645. The largest absolute Gasteiger partial charge is 0.465 e. The molecule has 0 radical (unpaired) electrons. The van der Waals surface area contributed by atoms with E-state index in [0.29, 0.717) is 12.8 Å². The van der Waals surface area contributed by atoms with Crippen molar-refractivity contribution in [3.63, 3.8) is 0 Å². The van der Waals surface area contributed by atoms with E-state index in [1.54, 1.807) is 0 Å². The molecule has 5 unspecified atom stereocenters. The zero-order chi connectivity index (χ0) is 13.9. The minimum Gasteiger partial charge on any atom is -0.465 e. The summed E-state index contributed by atoms with van der Waals surface area (Å²) in [5, 5.41) is 20.0. The number of benzene rings is 1. The Hall–Kier alpha value is -1.36. The molecule has 106 valence electrons. The van der Waals surface area contributed by atoms with E-state index < -0.39 is 12.4 Å². The van der Waals surface area contributed by atoms with Crippen molar-refractivity contribution in [3.05, 3.63) is 41.5 Å². The van der Waals surface area contributed by atoms with Gasteiger partial charge in [0.25, 0.3) is 0 Å². The number of hydrogen-bond donors (Lipinski definition) is 3. The maximum absolute atomic E-state index is 10.1. The molecule has 4 rings (SSSR count). The Bertz CT molecular complexity index is 571. The van der Waals surface area contributed by atoms with Crippen molar-refractivity contribution < 1.29 is 14.9 Å². The van der Waals surface area contributed by atoms with Crippen LogP contribution in [0.4, 0.5) is 0 Å². The Kier molecular flexibility index (Phi) is 2.52. The predicted molar refractivity (Wildman–Crippen MR) is 74.3 cm³/mol. The van der Waals surface area contributed by atoms with Crippen molar-refractivity contribution in [2.24, 2.45) is 11.7 Å². The van der Waals surface area contributed by atoms with E-state index in [-0.39, 0.29) is 17.4 Å². The van der Waals surface area contributed by atoms with Gasteiger partial charge in [-0.15, -0.1) is 0 Å². The Labute approximate surface area is 117 Å². The molecule has 3 aliphatic rings. The number of aliphatic hydroxyl groups is 2. The molecule has 4 N–H and O–H groups in total. The van der Waals surface area contributed by atoms with Gasteiger partial charge < -0.3 is 20.7 Å². The molecule has 0 saturated heterocycles. The summed E-state index contributed by atoms with van der Waals surface area (Å²) in [5.41, 5.74) is 8.46. The van der Waals surface area contributed by atoms with E-state index in [4.69, 9.17) is 10.5 Å². The minimum atomic E-state index is -0.814. The molecule has 0 aromatic heterocycles. The number of aliphatic hydroxyl groups excluding tert-OH is 2. The zero-order valence-electron chi connectivity index (χ0n) is 11.2. The van der Waals surface area contributed by atoms with E-state index in [2.05, 4.69) is 12.1 Å². The summed E-state index contributed by atoms with van der Waals surface area (Å²) >= 11 is 0. The van der Waals surface area contributed by atoms with Crippen molar-refractivity contribution in [1.82, 2.24) is 0 Å². The first-order valence-electron chi connectivity index (χ1n) is 7.20. The summed E-state index contributed by atoms with van der Waals surface area (Å²) in [6.45, 7) is 0. The van der Waals surface area contributed by atoms with E-state index in [0.717, 1.165) is 12.2 Å². The fourth-order valence-electron chi connectivity index (χ4n) is 4.35. The van der Waals surface area contributed by atoms with Crippen LogP contribution in [0.1, 0.15) is 24.0 Å². The van der Waals surface area contributed by atoms with Gasteiger partial charge in [-0.05, 0) is 30.4 Å². The average Bonchev–Trinajstić information content (AvgIpc) is 2.40. The fourth-order valence-corrected chi connectivity index (χ4v) is 4.35. The highest BCUT2D eigenvalue weighted by atomic mass is 16.6. The molecule has 5 atom stereocenters. The van der Waals surface area contributed by atoms with Crippen LogP contribution in [-0.2, 0) is 11.8 Å². The quantitative estimate of drug-likeness (QED) is 0.612. The third-order valence-electron chi connectivity index (χ3n) is 5.10. The molecule has 1 aromatic rings. The summed E-state index contributed by atoms with van der Waals surface area (Å²) in [6.07, 6.45) is 4.61. The summed E-state index contributed by atoms with van der Waals surface area (Å²) in [6, 6.07) is 5.96. The van der Waals surface area contributed by atoms with Gasteiger partial charge in [-0.2, -0.15) is 0 Å². The maximum atomic E-state index is 10.1. The van der Waals surface area contributed by atoms with Crippen LogP contribution in [0.2, 0.25) is 0 Å². The topological polar surface area (TPSA) is 75.7 Å². The molecular weight excluding hydrogens is 254 g/mol. The van der Waals surface area contributed by atoms with Gasteiger partial charge in [-0.3, -0.25) is 0 Å². The molecule has 1 heterocycles. The Morgan fingerprint density at radius 1 is 1.30 bits per heavy atom. The first-order chi connectivity index (χ1) is 9.60. The normalized spacial score (nSPS) is 41.5. The second kappa shape index (κ2) is 4.07. The average molecular weight is 273 g/mol. The van der Waals surface area contributed by atoms with Gasteiger partial charge in [0, 0.05) is 23.4 Å². The summed E-state index contributed by atoms with van der Waals surface area (Å²) in [4.78, 5) is 0. The van der Waals surface area contributed by atoms with Crippen molar-refractivity contribution in [3.8, 4) is 5.75 Å². The molecule has 0 amide bonds. The highest BCUT2D eigenvalue weighted by Gasteiger charge is 2.52. The highest BCUT2D eigenvalue weighted by Crippen LogP contribution is 2.54. The van der Waals surface area contributed by atoms with Crippen molar-refractivity contribution in [1.29, 1.82) is 0 Å². The fraction of sp³-hybridized carbons (Fsp3) is 0.500. The molecule has 1 spiro atoms. The highest BCUT2D eigenvalue weighted by molar-refractivity contribution is 5.53. The van der Waals surface area contributed by atoms with Crippen LogP contribution in [0.15, 0.2) is 30.4 Å². The van der Waals surface area contributed by atoms with E-state index in [1.165, 1.54) is 11.1 Å². The second-order valence-electron chi connectivity index (χ2n) is 6.24. The molecule has 20 heavy (non-hydrogen) atoms. The van der Waals surface area contributed by atoms with Crippen molar-refractivity contribution in [2.45, 2.75) is 43.1 Å². The third kappa shape index (κ3) is 1.53. The molecule has 1 aromatic carbocycles. The van der Waals surface area contributed by atoms with Crippen molar-refractivity contribution in [2.75, 3.05) is 0 Å². The molecule has 0 bridgehead atoms. The van der Waals surface area contributed by atoms with E-state index in [1.807, 2.05) is 18.2 Å². The summed E-state index contributed by atoms with van der Waals surface area (Å²) < 4.78 is 5.60. The molecule has 0 saturated carbocycles. The smallest absolute Gasteiger partial charge is 0.198 e. The van der Waals surface area contributed by atoms with Crippen LogP contribution in [0.25, 0.3) is 0 Å². The molecule has 1 aliphatic heterocycles. The zero-order valence-corrected chi connectivity index (χ0v) is 11.2. The SMILES string of the molecule is NC1Cc2cccc3c2C2(C=CC(O)CC12)CC(O)O3. The van der Waals surface area contributed by atoms with Crippen LogP contribution < -0.4 is 10.5 Å². The van der Waals surface area contributed by atoms with Crippen LogP contribution >= 0.6 is 0 Å². The lowest BCUT2D eigenvalue weighted by atomic mass is 9.55. The van der Waals surface area contributed by atoms with Crippen LogP contribution in [0, 0.1) is 5.92 Å². The van der Waals surface area contributed by atoms with Crippen molar-refractivity contribution >= 4 is 0 Å². The number of ether oxygens (including phenoxy) is 1. The summed E-state index contributed by atoms with van der Waals surface area (Å²) in [7, 11) is 0.